The fourth-order valence-corrected chi connectivity index (χ4v) is 3.61. The normalized spacial score (nSPS) is 19.5. The number of nitrogens with zero attached hydrogens (tertiary/aromatic N) is 1. The van der Waals surface area contributed by atoms with Crippen LogP contribution in [0.2, 0.25) is 0 Å². The minimum atomic E-state index is -3.94. The number of pyridine rings is 1. The second kappa shape index (κ2) is 6.16. The van der Waals surface area contributed by atoms with Crippen molar-refractivity contribution in [2.45, 2.75) is 24.2 Å². The monoisotopic (exact) mass is 344 g/mol. The van der Waals surface area contributed by atoms with Crippen LogP contribution in [0.5, 0.6) is 0 Å². The first-order chi connectivity index (χ1) is 11.4. The third-order valence-electron chi connectivity index (χ3n) is 4.05. The lowest BCUT2D eigenvalue weighted by Gasteiger charge is -2.07. The van der Waals surface area contributed by atoms with Crippen LogP contribution >= 0.6 is 0 Å². The number of ketones is 1. The van der Waals surface area contributed by atoms with E-state index >= 15 is 0 Å². The molecule has 0 saturated heterocycles. The molecule has 1 aromatic carbocycles. The third kappa shape index (κ3) is 3.35. The highest BCUT2D eigenvalue weighted by atomic mass is 32.2. The van der Waals surface area contributed by atoms with Crippen molar-refractivity contribution in [3.63, 3.8) is 0 Å². The Labute approximate surface area is 140 Å². The zero-order valence-electron chi connectivity index (χ0n) is 13.0. The van der Waals surface area contributed by atoms with E-state index in [1.165, 1.54) is 31.2 Å². The van der Waals surface area contributed by atoms with Crippen LogP contribution in [0.4, 0.5) is 0 Å². The molecule has 7 heteroatoms. The minimum absolute atomic E-state index is 0.00832. The van der Waals surface area contributed by atoms with Gasteiger partial charge in [-0.05, 0) is 43.0 Å². The number of benzene rings is 1. The summed E-state index contributed by atoms with van der Waals surface area (Å²) in [5.41, 5.74) is 1.35. The van der Waals surface area contributed by atoms with E-state index in [9.17, 15) is 18.0 Å². The summed E-state index contributed by atoms with van der Waals surface area (Å²) in [5.74, 6) is -1.02. The van der Waals surface area contributed by atoms with Crippen LogP contribution < -0.4 is 4.72 Å². The van der Waals surface area contributed by atoms with Crippen molar-refractivity contribution in [3.8, 4) is 0 Å². The minimum Gasteiger partial charge on any atom is -0.295 e. The van der Waals surface area contributed by atoms with Gasteiger partial charge in [0.2, 0.25) is 5.91 Å². The van der Waals surface area contributed by atoms with Crippen LogP contribution in [-0.4, -0.2) is 25.1 Å². The van der Waals surface area contributed by atoms with Crippen molar-refractivity contribution >= 4 is 21.7 Å². The number of hydrogen-bond donors (Lipinski definition) is 1. The number of rotatable bonds is 5. The number of carbonyl (C=O) groups is 2. The van der Waals surface area contributed by atoms with Gasteiger partial charge < -0.3 is 0 Å². The lowest BCUT2D eigenvalue weighted by molar-refractivity contribution is -0.120. The molecule has 0 aliphatic heterocycles. The average molecular weight is 344 g/mol. The summed E-state index contributed by atoms with van der Waals surface area (Å²) in [6.45, 7) is 1.40. The molecular formula is C17H16N2O4S. The lowest BCUT2D eigenvalue weighted by Crippen LogP contribution is -2.32. The topological polar surface area (TPSA) is 93.2 Å². The van der Waals surface area contributed by atoms with Gasteiger partial charge in [0.15, 0.2) is 5.78 Å². The molecule has 1 aromatic heterocycles. The second-order valence-corrected chi connectivity index (χ2v) is 7.47. The molecular weight excluding hydrogens is 328 g/mol. The molecule has 0 radical (unpaired) electrons. The largest absolute Gasteiger partial charge is 0.295 e. The van der Waals surface area contributed by atoms with Crippen LogP contribution in [0.3, 0.4) is 0 Å². The first-order valence-electron chi connectivity index (χ1n) is 7.46. The Hall–Kier alpha value is -2.54. The molecule has 1 fully saturated rings. The summed E-state index contributed by atoms with van der Waals surface area (Å²) in [6, 6.07) is 9.15. The molecule has 2 aromatic rings. The van der Waals surface area contributed by atoms with Crippen LogP contribution in [0.25, 0.3) is 0 Å². The van der Waals surface area contributed by atoms with Gasteiger partial charge >= 0.3 is 0 Å². The van der Waals surface area contributed by atoms with Gasteiger partial charge in [0.1, 0.15) is 0 Å². The van der Waals surface area contributed by atoms with Gasteiger partial charge in [0.05, 0.1) is 4.90 Å². The Morgan fingerprint density at radius 1 is 1.17 bits per heavy atom. The van der Waals surface area contributed by atoms with Gasteiger partial charge in [-0.3, -0.25) is 14.6 Å². The number of amides is 1. The predicted molar refractivity (Wildman–Crippen MR) is 86.9 cm³/mol. The fourth-order valence-electron chi connectivity index (χ4n) is 2.58. The molecule has 1 amide bonds. The molecule has 0 unspecified atom stereocenters. The molecule has 0 bridgehead atoms. The molecule has 1 N–H and O–H groups in total. The zero-order valence-corrected chi connectivity index (χ0v) is 13.8. The van der Waals surface area contributed by atoms with Gasteiger partial charge in [-0.25, -0.2) is 13.1 Å². The second-order valence-electron chi connectivity index (χ2n) is 5.79. The SMILES string of the molecule is CC(=O)c1ccc(S(=O)(=O)NC(=O)[C@@H]2C[C@@H]2c2cccnc2)cc1. The Kier molecular flexibility index (Phi) is 4.19. The first-order valence-corrected chi connectivity index (χ1v) is 8.94. The van der Waals surface area contributed by atoms with E-state index in [2.05, 4.69) is 9.71 Å². The van der Waals surface area contributed by atoms with Crippen molar-refractivity contribution in [2.24, 2.45) is 5.92 Å². The third-order valence-corrected chi connectivity index (χ3v) is 5.41. The molecule has 24 heavy (non-hydrogen) atoms. The maximum Gasteiger partial charge on any atom is 0.264 e. The maximum atomic E-state index is 12.3. The fraction of sp³-hybridized carbons (Fsp3) is 0.235. The predicted octanol–water partition coefficient (Wildman–Crippen LogP) is 1.89. The summed E-state index contributed by atoms with van der Waals surface area (Å²) < 4.78 is 26.7. The van der Waals surface area contributed by atoms with Crippen molar-refractivity contribution in [3.05, 3.63) is 59.9 Å². The maximum absolute atomic E-state index is 12.3. The Balaban J connectivity index is 1.69. The molecule has 2 atom stereocenters. The van der Waals surface area contributed by atoms with E-state index in [4.69, 9.17) is 0 Å². The summed E-state index contributed by atoms with van der Waals surface area (Å²) in [6.07, 6.45) is 3.94. The number of sulfonamides is 1. The van der Waals surface area contributed by atoms with E-state index in [1.54, 1.807) is 18.5 Å². The highest BCUT2D eigenvalue weighted by molar-refractivity contribution is 7.90. The van der Waals surface area contributed by atoms with Gasteiger partial charge in [0.25, 0.3) is 10.0 Å². The molecule has 0 spiro atoms. The van der Waals surface area contributed by atoms with E-state index in [-0.39, 0.29) is 22.5 Å². The molecule has 1 aliphatic rings. The van der Waals surface area contributed by atoms with Crippen LogP contribution in [0.1, 0.15) is 35.2 Å². The summed E-state index contributed by atoms with van der Waals surface area (Å²) >= 11 is 0. The Morgan fingerprint density at radius 2 is 1.88 bits per heavy atom. The smallest absolute Gasteiger partial charge is 0.264 e. The van der Waals surface area contributed by atoms with Crippen molar-refractivity contribution in [1.29, 1.82) is 0 Å². The molecule has 124 valence electrons. The number of carbonyl (C=O) groups excluding carboxylic acids is 2. The van der Waals surface area contributed by atoms with Crippen molar-refractivity contribution in [1.82, 2.24) is 9.71 Å². The Bertz CT molecular complexity index is 877. The summed E-state index contributed by atoms with van der Waals surface area (Å²) in [5, 5.41) is 0. The van der Waals surface area contributed by atoms with E-state index < -0.39 is 15.9 Å². The van der Waals surface area contributed by atoms with E-state index in [1.807, 2.05) is 6.07 Å². The number of hydrogen-bond acceptors (Lipinski definition) is 5. The molecule has 1 heterocycles. The molecule has 1 saturated carbocycles. The van der Waals surface area contributed by atoms with Gasteiger partial charge in [-0.15, -0.1) is 0 Å². The van der Waals surface area contributed by atoms with Crippen LogP contribution in [-0.2, 0) is 14.8 Å². The highest BCUT2D eigenvalue weighted by Crippen LogP contribution is 2.47. The van der Waals surface area contributed by atoms with E-state index in [0.717, 1.165) is 5.56 Å². The summed E-state index contributed by atoms with van der Waals surface area (Å²) in [7, 11) is -3.94. The van der Waals surface area contributed by atoms with E-state index in [0.29, 0.717) is 12.0 Å². The number of nitrogens with one attached hydrogen (secondary N) is 1. The van der Waals surface area contributed by atoms with Gasteiger partial charge in [-0.2, -0.15) is 0 Å². The molecule has 6 nitrogen and oxygen atoms in total. The van der Waals surface area contributed by atoms with Crippen molar-refractivity contribution < 1.29 is 18.0 Å². The average Bonchev–Trinajstić information content (AvgIpc) is 3.36. The number of aromatic nitrogens is 1. The Morgan fingerprint density at radius 3 is 2.46 bits per heavy atom. The van der Waals surface area contributed by atoms with Crippen LogP contribution in [0.15, 0.2) is 53.7 Å². The standard InChI is InChI=1S/C17H16N2O4S/c1-11(20)12-4-6-14(7-5-12)24(22,23)19-17(21)16-9-15(16)13-3-2-8-18-10-13/h2-8,10,15-16H,9H2,1H3,(H,19,21)/t15-,16-/m1/s1. The van der Waals surface area contributed by atoms with Crippen molar-refractivity contribution in [2.75, 3.05) is 0 Å². The van der Waals surface area contributed by atoms with Gasteiger partial charge in [0, 0.05) is 23.9 Å². The summed E-state index contributed by atoms with van der Waals surface area (Å²) in [4.78, 5) is 27.4. The zero-order chi connectivity index (χ0) is 17.3. The molecule has 3 rings (SSSR count). The highest BCUT2D eigenvalue weighted by Gasteiger charge is 2.45. The van der Waals surface area contributed by atoms with Gasteiger partial charge in [-0.1, -0.05) is 18.2 Å². The number of Topliss-reactive ketones (excluding diaryl/α,β-unsaturated/α-hetero) is 1. The molecule has 1 aliphatic carbocycles. The first kappa shape index (κ1) is 16.3. The lowest BCUT2D eigenvalue weighted by atomic mass is 10.1. The van der Waals surface area contributed by atoms with Crippen LogP contribution in [0, 0.1) is 5.92 Å². The quantitative estimate of drug-likeness (QED) is 0.836.